The fourth-order valence-electron chi connectivity index (χ4n) is 4.06. The van der Waals surface area contributed by atoms with Crippen LogP contribution in [-0.4, -0.2) is 70.9 Å². The summed E-state index contributed by atoms with van der Waals surface area (Å²) in [6.45, 7) is 10.7. The molecule has 228 valence electrons. The number of likely N-dealkylation sites (N-methyl/N-ethyl adjacent to an activating group) is 1. The average molecular weight is 575 g/mol. The van der Waals surface area contributed by atoms with E-state index < -0.39 is 47.3 Å². The van der Waals surface area contributed by atoms with Gasteiger partial charge in [0.1, 0.15) is 11.4 Å². The topological polar surface area (TPSA) is 201 Å². The zero-order valence-electron chi connectivity index (χ0n) is 25.2. The lowest BCUT2D eigenvalue weighted by atomic mass is 9.86. The van der Waals surface area contributed by atoms with Crippen molar-refractivity contribution in [3.63, 3.8) is 0 Å². The zero-order valence-corrected chi connectivity index (χ0v) is 25.2. The van der Waals surface area contributed by atoms with Gasteiger partial charge >= 0.3 is 6.09 Å². The molecule has 0 unspecified atom stereocenters. The molecule has 0 spiro atoms. The summed E-state index contributed by atoms with van der Waals surface area (Å²) in [7, 11) is 1.29. The number of alkyl carbamates (subject to hydrolysis) is 1. The van der Waals surface area contributed by atoms with Crippen molar-refractivity contribution in [1.29, 1.82) is 5.41 Å². The van der Waals surface area contributed by atoms with Crippen LogP contribution in [0, 0.1) is 11.3 Å². The van der Waals surface area contributed by atoms with Gasteiger partial charge in [-0.25, -0.2) is 4.79 Å². The number of phenolic OH excluding ortho intramolecular Hbond substituents is 1. The molecule has 0 aliphatic heterocycles. The Morgan fingerprint density at radius 2 is 1.76 bits per heavy atom. The number of ketones is 1. The first-order chi connectivity index (χ1) is 19.0. The van der Waals surface area contributed by atoms with Gasteiger partial charge in [0.15, 0.2) is 11.7 Å². The number of ether oxygens (including phenoxy) is 1. The highest BCUT2D eigenvalue weighted by Gasteiger charge is 2.35. The Bertz CT molecular complexity index is 1140. The molecule has 3 amide bonds. The lowest BCUT2D eigenvalue weighted by molar-refractivity contribution is -0.142. The van der Waals surface area contributed by atoms with Crippen molar-refractivity contribution in [3.05, 3.63) is 35.4 Å². The van der Waals surface area contributed by atoms with Crippen LogP contribution in [0.4, 0.5) is 4.79 Å². The van der Waals surface area contributed by atoms with Gasteiger partial charge in [-0.1, -0.05) is 45.4 Å². The molecule has 41 heavy (non-hydrogen) atoms. The standard InChI is InChI=1S/C29H46N6O6/c1-8-12-19(25(38)35(7)26(39)20(30)14-11-16-33-27(31)32)22(18-13-9-10-15-21(18)36)24(37)23(17(2)3)34-28(40)41-29(4,5)6/h9-10,13,15,17,20,23,36H,8,11-12,14,16,30H2,1-7H3,(H,34,40)(H4,31,32,33)/b22-19+/t20-,23-/m0/s1. The predicted molar refractivity (Wildman–Crippen MR) is 158 cm³/mol. The highest BCUT2D eigenvalue weighted by molar-refractivity contribution is 6.30. The zero-order chi connectivity index (χ0) is 31.5. The summed E-state index contributed by atoms with van der Waals surface area (Å²) in [4.78, 5) is 54.6. The molecule has 0 aliphatic carbocycles. The largest absolute Gasteiger partial charge is 0.507 e. The maximum absolute atomic E-state index is 14.2. The van der Waals surface area contributed by atoms with E-state index >= 15 is 0 Å². The van der Waals surface area contributed by atoms with Gasteiger partial charge in [-0.05, 0) is 52.0 Å². The van der Waals surface area contributed by atoms with Crippen LogP contribution in [-0.2, 0) is 19.1 Å². The van der Waals surface area contributed by atoms with E-state index in [2.05, 4.69) is 10.6 Å². The first kappa shape index (κ1) is 35.1. The summed E-state index contributed by atoms with van der Waals surface area (Å²) in [5.41, 5.74) is 10.5. The van der Waals surface area contributed by atoms with Gasteiger partial charge in [0, 0.05) is 30.3 Å². The Kier molecular flexibility index (Phi) is 13.5. The van der Waals surface area contributed by atoms with Crippen LogP contribution in [0.5, 0.6) is 5.75 Å². The van der Waals surface area contributed by atoms with E-state index in [1.807, 2.05) is 6.92 Å². The quantitative estimate of drug-likeness (QED) is 0.0886. The minimum absolute atomic E-state index is 0.0111. The number of hydrogen-bond acceptors (Lipinski definition) is 8. The number of phenols is 1. The number of carbonyl (C=O) groups excluding carboxylic acids is 4. The number of carbonyl (C=O) groups is 4. The first-order valence-electron chi connectivity index (χ1n) is 13.7. The summed E-state index contributed by atoms with van der Waals surface area (Å²) in [6, 6.07) is 3.98. The summed E-state index contributed by atoms with van der Waals surface area (Å²) < 4.78 is 5.36. The Hall–Kier alpha value is -3.93. The summed E-state index contributed by atoms with van der Waals surface area (Å²) >= 11 is 0. The highest BCUT2D eigenvalue weighted by atomic mass is 16.6. The Morgan fingerprint density at radius 1 is 1.15 bits per heavy atom. The van der Waals surface area contributed by atoms with Crippen LogP contribution in [0.2, 0.25) is 0 Å². The number of rotatable bonds is 13. The van der Waals surface area contributed by atoms with Gasteiger partial charge in [-0.2, -0.15) is 0 Å². The van der Waals surface area contributed by atoms with Crippen LogP contribution in [0.3, 0.4) is 0 Å². The molecule has 1 aromatic carbocycles. The number of hydrogen-bond donors (Lipinski definition) is 6. The molecular formula is C29H46N6O6. The van der Waals surface area contributed by atoms with Crippen LogP contribution in [0.25, 0.3) is 5.57 Å². The second-order valence-electron chi connectivity index (χ2n) is 11.1. The minimum Gasteiger partial charge on any atom is -0.507 e. The fourth-order valence-corrected chi connectivity index (χ4v) is 4.06. The molecule has 12 heteroatoms. The van der Waals surface area contributed by atoms with Gasteiger partial charge < -0.3 is 31.9 Å². The SMILES string of the molecule is CCC/C(C(=O)N(C)C(=O)[C@@H](N)CCCNC(=N)N)=C(\C(=O)[C@@H](NC(=O)OC(C)(C)C)C(C)C)c1ccccc1O. The molecule has 2 atom stereocenters. The Balaban J connectivity index is 3.58. The van der Waals surface area contributed by atoms with Gasteiger partial charge in [-0.3, -0.25) is 24.7 Å². The number of nitrogens with one attached hydrogen (secondary N) is 3. The van der Waals surface area contributed by atoms with Crippen molar-refractivity contribution in [2.45, 2.75) is 84.9 Å². The number of guanidine groups is 1. The fraction of sp³-hybridized carbons (Fsp3) is 0.552. The van der Waals surface area contributed by atoms with Crippen LogP contribution < -0.4 is 22.1 Å². The van der Waals surface area contributed by atoms with Gasteiger partial charge in [-0.15, -0.1) is 0 Å². The van der Waals surface area contributed by atoms with E-state index in [-0.39, 0.29) is 41.3 Å². The van der Waals surface area contributed by atoms with Crippen LogP contribution in [0.15, 0.2) is 29.8 Å². The Morgan fingerprint density at radius 3 is 2.27 bits per heavy atom. The molecule has 0 bridgehead atoms. The third kappa shape index (κ3) is 10.9. The summed E-state index contributed by atoms with van der Waals surface area (Å²) in [5, 5.41) is 23.2. The van der Waals surface area contributed by atoms with Gasteiger partial charge in [0.05, 0.1) is 12.1 Å². The summed E-state index contributed by atoms with van der Waals surface area (Å²) in [6.07, 6.45) is 0.412. The van der Waals surface area contributed by atoms with Gasteiger partial charge in [0.25, 0.3) is 5.91 Å². The van der Waals surface area contributed by atoms with E-state index in [1.165, 1.54) is 19.2 Å². The van der Waals surface area contributed by atoms with Crippen LogP contribution in [0.1, 0.15) is 72.8 Å². The van der Waals surface area contributed by atoms with E-state index in [0.717, 1.165) is 4.90 Å². The molecular weight excluding hydrogens is 528 g/mol. The number of benzene rings is 1. The maximum atomic E-state index is 14.2. The van der Waals surface area contributed by atoms with E-state index in [0.29, 0.717) is 19.4 Å². The molecule has 0 heterocycles. The summed E-state index contributed by atoms with van der Waals surface area (Å²) in [5.74, 6) is -2.84. The Labute approximate surface area is 242 Å². The second kappa shape index (κ2) is 15.8. The predicted octanol–water partition coefficient (Wildman–Crippen LogP) is 2.64. The van der Waals surface area contributed by atoms with Crippen molar-refractivity contribution >= 4 is 35.2 Å². The van der Waals surface area contributed by atoms with Crippen molar-refractivity contribution in [2.24, 2.45) is 17.4 Å². The van der Waals surface area contributed by atoms with E-state index in [4.69, 9.17) is 21.6 Å². The molecule has 1 rings (SSSR count). The van der Waals surface area contributed by atoms with Crippen molar-refractivity contribution in [1.82, 2.24) is 15.5 Å². The molecule has 8 N–H and O–H groups in total. The van der Waals surface area contributed by atoms with Crippen molar-refractivity contribution in [3.8, 4) is 5.75 Å². The molecule has 0 saturated heterocycles. The number of Topliss-reactive ketones (excluding diaryl/α,β-unsaturated/α-hetero) is 1. The van der Waals surface area contributed by atoms with Crippen LogP contribution >= 0.6 is 0 Å². The molecule has 0 saturated carbocycles. The monoisotopic (exact) mass is 574 g/mol. The smallest absolute Gasteiger partial charge is 0.408 e. The average Bonchev–Trinajstić information content (AvgIpc) is 2.87. The second-order valence-corrected chi connectivity index (χ2v) is 11.1. The van der Waals surface area contributed by atoms with Gasteiger partial charge in [0.2, 0.25) is 5.91 Å². The number of nitrogens with zero attached hydrogens (tertiary/aromatic N) is 1. The molecule has 1 aromatic rings. The normalized spacial score (nSPS) is 13.5. The maximum Gasteiger partial charge on any atom is 0.408 e. The van der Waals surface area contributed by atoms with Crippen molar-refractivity contribution in [2.75, 3.05) is 13.6 Å². The molecule has 0 aliphatic rings. The molecule has 12 nitrogen and oxygen atoms in total. The lowest BCUT2D eigenvalue weighted by Crippen LogP contribution is -2.48. The first-order valence-corrected chi connectivity index (χ1v) is 13.7. The number of imide groups is 1. The van der Waals surface area contributed by atoms with Crippen molar-refractivity contribution < 1.29 is 29.0 Å². The highest BCUT2D eigenvalue weighted by Crippen LogP contribution is 2.33. The number of para-hydroxylation sites is 1. The number of aromatic hydroxyl groups is 1. The van der Waals surface area contributed by atoms with E-state index in [9.17, 15) is 24.3 Å². The molecule has 0 radical (unpaired) electrons. The third-order valence-electron chi connectivity index (χ3n) is 6.06. The lowest BCUT2D eigenvalue weighted by Gasteiger charge is -2.27. The molecule has 0 fully saturated rings. The van der Waals surface area contributed by atoms with E-state index in [1.54, 1.807) is 46.8 Å². The minimum atomic E-state index is -1.10. The number of amides is 3. The third-order valence-corrected chi connectivity index (χ3v) is 6.06. The molecule has 0 aromatic heterocycles. The number of nitrogens with two attached hydrogens (primary N) is 2.